The average molecular weight is 213 g/mol. The van der Waals surface area contributed by atoms with Crippen molar-refractivity contribution in [3.63, 3.8) is 0 Å². The van der Waals surface area contributed by atoms with Crippen LogP contribution >= 0.6 is 11.8 Å². The van der Waals surface area contributed by atoms with E-state index in [1.807, 2.05) is 0 Å². The van der Waals surface area contributed by atoms with Gasteiger partial charge >= 0.3 is 11.8 Å². The van der Waals surface area contributed by atoms with Gasteiger partial charge in [-0.3, -0.25) is 25.2 Å². The van der Waals surface area contributed by atoms with E-state index in [1.165, 1.54) is 0 Å². The average Bonchev–Trinajstić information content (AvgIpc) is 2.88. The molecule has 1 saturated carbocycles. The second kappa shape index (κ2) is 3.27. The first kappa shape index (κ1) is 9.51. The second-order valence-electron chi connectivity index (χ2n) is 3.46. The molecule has 1 saturated heterocycles. The second-order valence-corrected chi connectivity index (χ2v) is 4.73. The zero-order chi connectivity index (χ0) is 10.2. The fourth-order valence-corrected chi connectivity index (χ4v) is 1.93. The molecule has 0 bridgehead atoms. The van der Waals surface area contributed by atoms with Gasteiger partial charge in [0.25, 0.3) is 0 Å². The molecule has 0 aromatic rings. The van der Waals surface area contributed by atoms with Crippen molar-refractivity contribution in [3.8, 4) is 0 Å². The highest BCUT2D eigenvalue weighted by molar-refractivity contribution is 8.00. The maximum Gasteiger partial charge on any atom is 0.316 e. The maximum atomic E-state index is 10.8. The summed E-state index contributed by atoms with van der Waals surface area (Å²) in [6, 6.07) is 0. The number of amides is 2. The molecular weight excluding hydrogens is 202 g/mol. The van der Waals surface area contributed by atoms with E-state index in [0.717, 1.165) is 12.8 Å². The Bertz CT molecular complexity index is 305. The Morgan fingerprint density at radius 1 is 1.36 bits per heavy atom. The van der Waals surface area contributed by atoms with E-state index in [-0.39, 0.29) is 4.75 Å². The first-order chi connectivity index (χ1) is 6.65. The molecule has 2 rings (SSSR count). The molecule has 14 heavy (non-hydrogen) atoms. The van der Waals surface area contributed by atoms with Crippen LogP contribution in [0.1, 0.15) is 12.8 Å². The van der Waals surface area contributed by atoms with Crippen LogP contribution in [0.25, 0.3) is 0 Å². The lowest BCUT2D eigenvalue weighted by molar-refractivity contribution is -0.135. The summed E-state index contributed by atoms with van der Waals surface area (Å²) in [5.41, 5.74) is 0. The largest absolute Gasteiger partial charge is 0.316 e. The minimum atomic E-state index is -0.627. The first-order valence-corrected chi connectivity index (χ1v) is 5.60. The maximum absolute atomic E-state index is 10.8. The third kappa shape index (κ3) is 1.75. The van der Waals surface area contributed by atoms with Crippen molar-refractivity contribution in [3.05, 3.63) is 0 Å². The molecule has 0 aromatic carbocycles. The Balaban J connectivity index is 1.93. The van der Waals surface area contributed by atoms with E-state index >= 15 is 0 Å². The van der Waals surface area contributed by atoms with Gasteiger partial charge in [0.05, 0.1) is 6.54 Å². The van der Waals surface area contributed by atoms with E-state index < -0.39 is 11.8 Å². The van der Waals surface area contributed by atoms with E-state index in [2.05, 4.69) is 21.9 Å². The number of rotatable bonds is 3. The van der Waals surface area contributed by atoms with Crippen LogP contribution in [0.3, 0.4) is 0 Å². The number of hydrogen-bond acceptors (Lipinski definition) is 4. The SMILES string of the molecule is CSC1(CN=C2NC(=O)C(=O)N2)CC1. The lowest BCUT2D eigenvalue weighted by atomic mass is 10.4. The number of guanidine groups is 1. The highest BCUT2D eigenvalue weighted by Gasteiger charge is 2.42. The van der Waals surface area contributed by atoms with Gasteiger partial charge in [-0.1, -0.05) is 0 Å². The normalized spacial score (nSPS) is 23.1. The summed E-state index contributed by atoms with van der Waals surface area (Å²) in [5.74, 6) is -0.962. The third-order valence-electron chi connectivity index (χ3n) is 2.44. The number of aliphatic imine (C=N–C) groups is 1. The minimum Gasteiger partial charge on any atom is -0.288 e. The van der Waals surface area contributed by atoms with Crippen LogP contribution in [-0.4, -0.2) is 35.3 Å². The van der Waals surface area contributed by atoms with Gasteiger partial charge in [0, 0.05) is 4.75 Å². The highest BCUT2D eigenvalue weighted by atomic mass is 32.2. The fraction of sp³-hybridized carbons (Fsp3) is 0.625. The van der Waals surface area contributed by atoms with Gasteiger partial charge in [-0.2, -0.15) is 11.8 Å². The van der Waals surface area contributed by atoms with Crippen LogP contribution < -0.4 is 10.6 Å². The first-order valence-electron chi connectivity index (χ1n) is 4.37. The van der Waals surface area contributed by atoms with E-state index in [9.17, 15) is 9.59 Å². The Morgan fingerprint density at radius 2 is 1.93 bits per heavy atom. The molecule has 2 fully saturated rings. The van der Waals surface area contributed by atoms with Gasteiger partial charge in [-0.05, 0) is 19.1 Å². The Labute approximate surface area is 85.7 Å². The van der Waals surface area contributed by atoms with Crippen LogP contribution in [0.4, 0.5) is 0 Å². The quantitative estimate of drug-likeness (QED) is 0.620. The molecule has 0 spiro atoms. The monoisotopic (exact) mass is 213 g/mol. The molecule has 2 aliphatic rings. The van der Waals surface area contributed by atoms with Gasteiger partial charge in [-0.15, -0.1) is 0 Å². The number of carbonyl (C=O) groups excluding carboxylic acids is 2. The lowest BCUT2D eigenvalue weighted by Gasteiger charge is -2.07. The molecule has 76 valence electrons. The number of nitrogens with zero attached hydrogens (tertiary/aromatic N) is 1. The molecule has 6 heteroatoms. The number of carbonyl (C=O) groups is 2. The topological polar surface area (TPSA) is 70.6 Å². The molecule has 2 amide bonds. The Hall–Kier alpha value is -1.04. The number of hydrogen-bond donors (Lipinski definition) is 2. The van der Waals surface area contributed by atoms with Crippen molar-refractivity contribution in [2.75, 3.05) is 12.8 Å². The van der Waals surface area contributed by atoms with Crippen molar-refractivity contribution in [2.24, 2.45) is 4.99 Å². The Morgan fingerprint density at radius 3 is 2.36 bits per heavy atom. The van der Waals surface area contributed by atoms with Gasteiger partial charge in [-0.25, -0.2) is 0 Å². The van der Waals surface area contributed by atoms with E-state index in [1.54, 1.807) is 11.8 Å². The van der Waals surface area contributed by atoms with Crippen molar-refractivity contribution in [1.29, 1.82) is 0 Å². The van der Waals surface area contributed by atoms with Gasteiger partial charge in [0.15, 0.2) is 0 Å². The molecule has 0 atom stereocenters. The van der Waals surface area contributed by atoms with Crippen LogP contribution in [0, 0.1) is 0 Å². The van der Waals surface area contributed by atoms with Gasteiger partial charge in [0.1, 0.15) is 0 Å². The van der Waals surface area contributed by atoms with Crippen LogP contribution in [0.5, 0.6) is 0 Å². The molecule has 0 radical (unpaired) electrons. The molecular formula is C8H11N3O2S. The lowest BCUT2D eigenvalue weighted by Crippen LogP contribution is -2.27. The highest BCUT2D eigenvalue weighted by Crippen LogP contribution is 2.47. The summed E-state index contributed by atoms with van der Waals surface area (Å²) in [5, 5.41) is 4.74. The van der Waals surface area contributed by atoms with E-state index in [0.29, 0.717) is 12.5 Å². The molecule has 1 aliphatic carbocycles. The zero-order valence-electron chi connectivity index (χ0n) is 7.79. The fourth-order valence-electron chi connectivity index (χ4n) is 1.23. The van der Waals surface area contributed by atoms with Crippen LogP contribution in [0.2, 0.25) is 0 Å². The standard InChI is InChI=1S/C8H11N3O2S/c1-14-8(2-3-8)4-9-7-10-5(12)6(13)11-7/h2-4H2,1H3,(H2,9,10,11,12,13). The predicted molar refractivity (Wildman–Crippen MR) is 54.1 cm³/mol. The summed E-state index contributed by atoms with van der Waals surface area (Å²) in [4.78, 5) is 25.7. The van der Waals surface area contributed by atoms with Crippen molar-refractivity contribution in [1.82, 2.24) is 10.6 Å². The summed E-state index contributed by atoms with van der Waals surface area (Å²) >= 11 is 1.79. The van der Waals surface area contributed by atoms with Crippen LogP contribution in [-0.2, 0) is 9.59 Å². The predicted octanol–water partition coefficient (Wildman–Crippen LogP) is -0.516. The van der Waals surface area contributed by atoms with Crippen molar-refractivity contribution in [2.45, 2.75) is 17.6 Å². The third-order valence-corrected chi connectivity index (χ3v) is 3.84. The molecule has 0 aromatic heterocycles. The summed E-state index contributed by atoms with van der Waals surface area (Å²) < 4.78 is 0.255. The van der Waals surface area contributed by atoms with E-state index in [4.69, 9.17) is 0 Å². The number of nitrogens with one attached hydrogen (secondary N) is 2. The Kier molecular flexibility index (Phi) is 2.22. The minimum absolute atomic E-state index is 0.255. The van der Waals surface area contributed by atoms with Gasteiger partial charge < -0.3 is 0 Å². The summed E-state index contributed by atoms with van der Waals surface area (Å²) in [6.07, 6.45) is 4.37. The molecule has 2 N–H and O–H groups in total. The smallest absolute Gasteiger partial charge is 0.288 e. The van der Waals surface area contributed by atoms with Gasteiger partial charge in [0.2, 0.25) is 5.96 Å². The molecule has 5 nitrogen and oxygen atoms in total. The number of thioether (sulfide) groups is 1. The molecule has 0 unspecified atom stereocenters. The molecule has 1 heterocycles. The summed E-state index contributed by atoms with van der Waals surface area (Å²) in [6.45, 7) is 0.657. The molecule has 1 aliphatic heterocycles. The van der Waals surface area contributed by atoms with Crippen LogP contribution in [0.15, 0.2) is 4.99 Å². The zero-order valence-corrected chi connectivity index (χ0v) is 8.61. The summed E-state index contributed by atoms with van der Waals surface area (Å²) in [7, 11) is 0. The van der Waals surface area contributed by atoms with Crippen molar-refractivity contribution < 1.29 is 9.59 Å². The van der Waals surface area contributed by atoms with Crippen molar-refractivity contribution >= 4 is 29.5 Å².